The number of hydrogen-bond donors (Lipinski definition) is 1. The Bertz CT molecular complexity index is 230. The summed E-state index contributed by atoms with van der Waals surface area (Å²) in [4.78, 5) is 3.88. The largest absolute Gasteiger partial charge is 0.368 e. The molecule has 0 amide bonds. The van der Waals surface area contributed by atoms with Gasteiger partial charge in [-0.15, -0.1) is 0 Å². The fourth-order valence-electron chi connectivity index (χ4n) is 0.985. The molecule has 1 aliphatic rings. The lowest BCUT2D eigenvalue weighted by atomic mass is 10.4. The number of rotatable bonds is 0. The summed E-state index contributed by atoms with van der Waals surface area (Å²) in [5.41, 5.74) is 0. The second kappa shape index (κ2) is 3.34. The molecule has 0 aromatic carbocycles. The van der Waals surface area contributed by atoms with Crippen LogP contribution >= 0.6 is 0 Å². The van der Waals surface area contributed by atoms with Gasteiger partial charge in [-0.05, 0) is 6.08 Å². The second-order valence-corrected chi connectivity index (χ2v) is 2.80. The van der Waals surface area contributed by atoms with Gasteiger partial charge in [0.15, 0.2) is 0 Å². The smallest absolute Gasteiger partial charge is 0.106 e. The van der Waals surface area contributed by atoms with Crippen molar-refractivity contribution < 1.29 is 0 Å². The van der Waals surface area contributed by atoms with Crippen LogP contribution in [0.1, 0.15) is 0 Å². The first-order valence-electron chi connectivity index (χ1n) is 3.88. The van der Waals surface area contributed by atoms with Crippen molar-refractivity contribution in [2.45, 2.75) is 0 Å². The molecule has 0 bridgehead atoms. The van der Waals surface area contributed by atoms with Crippen LogP contribution in [-0.4, -0.2) is 30.4 Å². The first-order chi connectivity index (χ1) is 5.63. The predicted octanol–water partition coefficient (Wildman–Crippen LogP) is 0.909. The molecule has 0 saturated heterocycles. The molecule has 0 spiro atoms. The zero-order chi connectivity index (χ0) is 9.14. The van der Waals surface area contributed by atoms with Crippen molar-refractivity contribution in [2.24, 2.45) is 0 Å². The molecule has 0 atom stereocenters. The van der Waals surface area contributed by atoms with E-state index in [1.165, 1.54) is 0 Å². The Kier molecular flexibility index (Phi) is 2.43. The van der Waals surface area contributed by atoms with E-state index in [9.17, 15) is 0 Å². The monoisotopic (exact) mass is 165 g/mol. The average Bonchev–Trinajstić information content (AvgIpc) is 2.07. The van der Waals surface area contributed by atoms with Crippen molar-refractivity contribution in [3.05, 3.63) is 37.1 Å². The van der Waals surface area contributed by atoms with Gasteiger partial charge in [0.2, 0.25) is 0 Å². The van der Waals surface area contributed by atoms with Crippen molar-refractivity contribution in [1.29, 1.82) is 0 Å². The summed E-state index contributed by atoms with van der Waals surface area (Å²) < 4.78 is 0. The lowest BCUT2D eigenvalue weighted by Gasteiger charge is -2.31. The molecule has 0 saturated carbocycles. The Labute approximate surface area is 73.7 Å². The molecule has 0 fully saturated rings. The first-order valence-corrected chi connectivity index (χ1v) is 3.88. The molecule has 1 aliphatic heterocycles. The molecule has 1 heterocycles. The van der Waals surface area contributed by atoms with Gasteiger partial charge in [0, 0.05) is 26.8 Å². The standard InChI is InChI=1S/C9H15N3/c1-8-10-6-5-7-11(3)9(2)12(8)4/h5,7,10H,1-2,6H2,3-4H3. The summed E-state index contributed by atoms with van der Waals surface area (Å²) in [5, 5.41) is 3.14. The number of nitrogens with zero attached hydrogens (tertiary/aromatic N) is 2. The summed E-state index contributed by atoms with van der Waals surface area (Å²) in [6.07, 6.45) is 4.02. The van der Waals surface area contributed by atoms with Gasteiger partial charge in [0.1, 0.15) is 5.82 Å². The van der Waals surface area contributed by atoms with Gasteiger partial charge < -0.3 is 15.1 Å². The quantitative estimate of drug-likeness (QED) is 0.575. The third-order valence-electron chi connectivity index (χ3n) is 1.95. The van der Waals surface area contributed by atoms with E-state index in [4.69, 9.17) is 0 Å². The molecule has 3 nitrogen and oxygen atoms in total. The minimum Gasteiger partial charge on any atom is -0.368 e. The molecule has 1 N–H and O–H groups in total. The van der Waals surface area contributed by atoms with Crippen molar-refractivity contribution in [2.75, 3.05) is 20.6 Å². The summed E-state index contributed by atoms with van der Waals surface area (Å²) >= 11 is 0. The van der Waals surface area contributed by atoms with Gasteiger partial charge in [0.25, 0.3) is 0 Å². The molecular weight excluding hydrogens is 150 g/mol. The van der Waals surface area contributed by atoms with Gasteiger partial charge in [0.05, 0.1) is 5.82 Å². The summed E-state index contributed by atoms with van der Waals surface area (Å²) in [5.74, 6) is 1.78. The molecule has 12 heavy (non-hydrogen) atoms. The molecule has 1 rings (SSSR count). The summed E-state index contributed by atoms with van der Waals surface area (Å²) in [6, 6.07) is 0. The molecule has 0 aliphatic carbocycles. The van der Waals surface area contributed by atoms with Gasteiger partial charge >= 0.3 is 0 Å². The van der Waals surface area contributed by atoms with Crippen LogP contribution in [0.2, 0.25) is 0 Å². The van der Waals surface area contributed by atoms with Crippen LogP contribution < -0.4 is 5.32 Å². The Balaban J connectivity index is 2.82. The van der Waals surface area contributed by atoms with E-state index in [2.05, 4.69) is 18.5 Å². The highest BCUT2D eigenvalue weighted by Crippen LogP contribution is 2.10. The highest BCUT2D eigenvalue weighted by Gasteiger charge is 2.09. The van der Waals surface area contributed by atoms with Crippen molar-refractivity contribution in [3.63, 3.8) is 0 Å². The maximum atomic E-state index is 3.93. The van der Waals surface area contributed by atoms with Crippen molar-refractivity contribution in [1.82, 2.24) is 15.1 Å². The zero-order valence-electron chi connectivity index (χ0n) is 7.67. The lowest BCUT2D eigenvalue weighted by Crippen LogP contribution is -2.34. The van der Waals surface area contributed by atoms with Crippen LogP contribution in [0.5, 0.6) is 0 Å². The van der Waals surface area contributed by atoms with Gasteiger partial charge in [-0.1, -0.05) is 13.2 Å². The van der Waals surface area contributed by atoms with E-state index in [1.54, 1.807) is 0 Å². The Morgan fingerprint density at radius 2 is 2.08 bits per heavy atom. The fourth-order valence-corrected chi connectivity index (χ4v) is 0.985. The van der Waals surface area contributed by atoms with Crippen molar-refractivity contribution in [3.8, 4) is 0 Å². The van der Waals surface area contributed by atoms with Crippen LogP contribution in [0.3, 0.4) is 0 Å². The van der Waals surface area contributed by atoms with Crippen LogP contribution in [-0.2, 0) is 0 Å². The third-order valence-corrected chi connectivity index (χ3v) is 1.95. The van der Waals surface area contributed by atoms with Crippen LogP contribution in [0, 0.1) is 0 Å². The molecular formula is C9H15N3. The molecule has 0 aromatic heterocycles. The number of hydrogen-bond acceptors (Lipinski definition) is 3. The highest BCUT2D eigenvalue weighted by molar-refractivity contribution is 5.09. The fraction of sp³-hybridized carbons (Fsp3) is 0.333. The predicted molar refractivity (Wildman–Crippen MR) is 50.9 cm³/mol. The first kappa shape index (κ1) is 8.71. The summed E-state index contributed by atoms with van der Waals surface area (Å²) in [7, 11) is 3.90. The lowest BCUT2D eigenvalue weighted by molar-refractivity contribution is 0.352. The van der Waals surface area contributed by atoms with E-state index in [0.29, 0.717) is 0 Å². The van der Waals surface area contributed by atoms with Crippen molar-refractivity contribution >= 4 is 0 Å². The van der Waals surface area contributed by atoms with E-state index in [0.717, 1.165) is 18.2 Å². The van der Waals surface area contributed by atoms with E-state index < -0.39 is 0 Å². The van der Waals surface area contributed by atoms with Crippen LogP contribution in [0.4, 0.5) is 0 Å². The molecule has 0 unspecified atom stereocenters. The van der Waals surface area contributed by atoms with Crippen LogP contribution in [0.15, 0.2) is 37.1 Å². The minimum absolute atomic E-state index is 0.806. The maximum Gasteiger partial charge on any atom is 0.106 e. The average molecular weight is 165 g/mol. The number of nitrogens with one attached hydrogen (secondary N) is 1. The molecule has 0 radical (unpaired) electrons. The maximum absolute atomic E-state index is 3.93. The normalized spacial score (nSPS) is 18.8. The van der Waals surface area contributed by atoms with Gasteiger partial charge in [-0.2, -0.15) is 0 Å². The van der Waals surface area contributed by atoms with E-state index in [-0.39, 0.29) is 0 Å². The SMILES string of the molecule is C=C1NCC=CN(C)C(=C)N1C. The van der Waals surface area contributed by atoms with Gasteiger partial charge in [-0.25, -0.2) is 0 Å². The molecule has 3 heteroatoms. The third kappa shape index (κ3) is 1.61. The van der Waals surface area contributed by atoms with E-state index in [1.807, 2.05) is 36.2 Å². The second-order valence-electron chi connectivity index (χ2n) is 2.80. The highest BCUT2D eigenvalue weighted by atomic mass is 15.3. The Hall–Kier alpha value is -1.38. The Morgan fingerprint density at radius 3 is 2.75 bits per heavy atom. The van der Waals surface area contributed by atoms with E-state index >= 15 is 0 Å². The zero-order valence-corrected chi connectivity index (χ0v) is 7.67. The summed E-state index contributed by atoms with van der Waals surface area (Å²) in [6.45, 7) is 8.61. The van der Waals surface area contributed by atoms with Gasteiger partial charge in [-0.3, -0.25) is 0 Å². The molecule has 66 valence electrons. The topological polar surface area (TPSA) is 18.5 Å². The minimum atomic E-state index is 0.806. The Morgan fingerprint density at radius 1 is 1.42 bits per heavy atom. The molecule has 0 aromatic rings. The van der Waals surface area contributed by atoms with Crippen LogP contribution in [0.25, 0.3) is 0 Å².